The van der Waals surface area contributed by atoms with Crippen LogP contribution in [0, 0.1) is 11.8 Å². The van der Waals surface area contributed by atoms with Crippen molar-refractivity contribution in [3.8, 4) is 0 Å². The lowest BCUT2D eigenvalue weighted by Gasteiger charge is -2.16. The SMILES string of the molecule is CC(C)Cn1cnc(S(=O)(=O)NC(C(=O)O)C(C)C)c1. The molecule has 0 saturated heterocycles. The van der Waals surface area contributed by atoms with Gasteiger partial charge in [0.25, 0.3) is 10.0 Å². The molecule has 0 radical (unpaired) electrons. The summed E-state index contributed by atoms with van der Waals surface area (Å²) in [5.41, 5.74) is 0. The Bertz CT molecular complexity index is 563. The Balaban J connectivity index is 2.93. The summed E-state index contributed by atoms with van der Waals surface area (Å²) in [5.74, 6) is -1.21. The van der Waals surface area contributed by atoms with E-state index in [9.17, 15) is 13.2 Å². The molecule has 7 nitrogen and oxygen atoms in total. The van der Waals surface area contributed by atoms with E-state index in [1.165, 1.54) is 12.5 Å². The van der Waals surface area contributed by atoms with Gasteiger partial charge in [-0.25, -0.2) is 13.4 Å². The smallest absolute Gasteiger partial charge is 0.322 e. The lowest BCUT2D eigenvalue weighted by Crippen LogP contribution is -2.44. The van der Waals surface area contributed by atoms with Gasteiger partial charge in [-0.05, 0) is 11.8 Å². The van der Waals surface area contributed by atoms with Crippen LogP contribution in [0.4, 0.5) is 0 Å². The fourth-order valence-electron chi connectivity index (χ4n) is 1.70. The first-order valence-corrected chi connectivity index (χ1v) is 7.88. The first-order chi connectivity index (χ1) is 9.13. The minimum absolute atomic E-state index is 0.162. The van der Waals surface area contributed by atoms with E-state index in [1.807, 2.05) is 13.8 Å². The summed E-state index contributed by atoms with van der Waals surface area (Å²) in [7, 11) is -3.93. The molecule has 1 aromatic rings. The average Bonchev–Trinajstić information content (AvgIpc) is 2.73. The molecule has 0 aromatic carbocycles. The van der Waals surface area contributed by atoms with E-state index in [1.54, 1.807) is 18.4 Å². The molecule has 1 unspecified atom stereocenters. The molecule has 20 heavy (non-hydrogen) atoms. The predicted molar refractivity (Wildman–Crippen MR) is 73.6 cm³/mol. The maximum Gasteiger partial charge on any atom is 0.322 e. The molecule has 1 atom stereocenters. The van der Waals surface area contributed by atoms with Gasteiger partial charge in [-0.2, -0.15) is 4.72 Å². The summed E-state index contributed by atoms with van der Waals surface area (Å²) in [4.78, 5) is 14.9. The van der Waals surface area contributed by atoms with Gasteiger partial charge in [-0.1, -0.05) is 27.7 Å². The Morgan fingerprint density at radius 3 is 2.45 bits per heavy atom. The third kappa shape index (κ3) is 4.31. The van der Waals surface area contributed by atoms with E-state index >= 15 is 0 Å². The van der Waals surface area contributed by atoms with Gasteiger partial charge in [0.1, 0.15) is 6.04 Å². The van der Waals surface area contributed by atoms with Crippen molar-refractivity contribution in [2.24, 2.45) is 11.8 Å². The average molecular weight is 303 g/mol. The fourth-order valence-corrected chi connectivity index (χ4v) is 2.99. The van der Waals surface area contributed by atoms with Crippen molar-refractivity contribution in [2.75, 3.05) is 0 Å². The van der Waals surface area contributed by atoms with Gasteiger partial charge in [0.2, 0.25) is 0 Å². The second kappa shape index (κ2) is 6.36. The topological polar surface area (TPSA) is 101 Å². The summed E-state index contributed by atoms with van der Waals surface area (Å²) in [6, 6.07) is -1.17. The van der Waals surface area contributed by atoms with Gasteiger partial charge in [0, 0.05) is 12.7 Å². The van der Waals surface area contributed by atoms with Crippen molar-refractivity contribution in [2.45, 2.75) is 45.3 Å². The Kier molecular flexibility index (Phi) is 5.29. The number of nitrogens with one attached hydrogen (secondary N) is 1. The second-order valence-corrected chi connectivity index (χ2v) is 7.14. The second-order valence-electron chi connectivity index (χ2n) is 5.48. The van der Waals surface area contributed by atoms with Crippen molar-refractivity contribution in [3.05, 3.63) is 12.5 Å². The van der Waals surface area contributed by atoms with Gasteiger partial charge in [-0.3, -0.25) is 4.79 Å². The number of sulfonamides is 1. The zero-order chi connectivity index (χ0) is 15.5. The molecule has 1 rings (SSSR count). The van der Waals surface area contributed by atoms with Crippen LogP contribution in [0.15, 0.2) is 17.6 Å². The molecular weight excluding hydrogens is 282 g/mol. The maximum absolute atomic E-state index is 12.1. The van der Waals surface area contributed by atoms with Crippen LogP contribution in [0.2, 0.25) is 0 Å². The van der Waals surface area contributed by atoms with E-state index in [0.717, 1.165) is 0 Å². The van der Waals surface area contributed by atoms with E-state index in [4.69, 9.17) is 5.11 Å². The molecule has 0 fully saturated rings. The predicted octanol–water partition coefficient (Wildman–Crippen LogP) is 0.927. The largest absolute Gasteiger partial charge is 0.480 e. The molecule has 0 aliphatic carbocycles. The molecule has 0 aliphatic heterocycles. The number of hydrogen-bond donors (Lipinski definition) is 2. The first kappa shape index (κ1) is 16.6. The van der Waals surface area contributed by atoms with Gasteiger partial charge >= 0.3 is 5.97 Å². The quantitative estimate of drug-likeness (QED) is 0.780. The Labute approximate surface area is 119 Å². The van der Waals surface area contributed by atoms with Crippen LogP contribution >= 0.6 is 0 Å². The van der Waals surface area contributed by atoms with E-state index in [2.05, 4.69) is 9.71 Å². The highest BCUT2D eigenvalue weighted by atomic mass is 32.2. The Hall–Kier alpha value is -1.41. The van der Waals surface area contributed by atoms with Crippen molar-refractivity contribution in [1.29, 1.82) is 0 Å². The normalized spacial score (nSPS) is 13.9. The van der Waals surface area contributed by atoms with Gasteiger partial charge in [-0.15, -0.1) is 0 Å². The summed E-state index contributed by atoms with van der Waals surface area (Å²) < 4.78 is 28.0. The highest BCUT2D eigenvalue weighted by Gasteiger charge is 2.29. The number of carbonyl (C=O) groups is 1. The summed E-state index contributed by atoms with van der Waals surface area (Å²) in [5, 5.41) is 8.86. The van der Waals surface area contributed by atoms with Crippen molar-refractivity contribution >= 4 is 16.0 Å². The van der Waals surface area contributed by atoms with Crippen LogP contribution in [-0.4, -0.2) is 35.1 Å². The molecule has 8 heteroatoms. The van der Waals surface area contributed by atoms with Crippen LogP contribution in [0.25, 0.3) is 0 Å². The summed E-state index contributed by atoms with van der Waals surface area (Å²) in [6.45, 7) is 7.93. The molecule has 0 bridgehead atoms. The molecule has 0 saturated carbocycles. The Morgan fingerprint density at radius 1 is 1.40 bits per heavy atom. The highest BCUT2D eigenvalue weighted by molar-refractivity contribution is 7.89. The third-order valence-electron chi connectivity index (χ3n) is 2.68. The first-order valence-electron chi connectivity index (χ1n) is 6.40. The van der Waals surface area contributed by atoms with Crippen molar-refractivity contribution in [1.82, 2.24) is 14.3 Å². The number of hydrogen-bond acceptors (Lipinski definition) is 4. The molecule has 0 spiro atoms. The number of carboxylic acids is 1. The van der Waals surface area contributed by atoms with E-state index in [-0.39, 0.29) is 10.9 Å². The van der Waals surface area contributed by atoms with E-state index < -0.39 is 22.0 Å². The van der Waals surface area contributed by atoms with Crippen LogP contribution in [0.5, 0.6) is 0 Å². The molecule has 0 aliphatic rings. The zero-order valence-corrected chi connectivity index (χ0v) is 12.9. The minimum atomic E-state index is -3.93. The van der Waals surface area contributed by atoms with Crippen LogP contribution in [-0.2, 0) is 21.4 Å². The zero-order valence-electron chi connectivity index (χ0n) is 12.1. The molecule has 1 aromatic heterocycles. The van der Waals surface area contributed by atoms with Crippen LogP contribution in [0.1, 0.15) is 27.7 Å². The number of aliphatic carboxylic acids is 1. The molecular formula is C12H21N3O4S. The fraction of sp³-hybridized carbons (Fsp3) is 0.667. The lowest BCUT2D eigenvalue weighted by atomic mass is 10.1. The minimum Gasteiger partial charge on any atom is -0.480 e. The van der Waals surface area contributed by atoms with Gasteiger partial charge in [0.15, 0.2) is 5.03 Å². The monoisotopic (exact) mass is 303 g/mol. The number of carboxylic acid groups (broad SMARTS) is 1. The molecule has 0 amide bonds. The van der Waals surface area contributed by atoms with Crippen molar-refractivity contribution in [3.63, 3.8) is 0 Å². The third-order valence-corrected chi connectivity index (χ3v) is 4.00. The number of nitrogens with zero attached hydrogens (tertiary/aromatic N) is 2. The summed E-state index contributed by atoms with van der Waals surface area (Å²) in [6.07, 6.45) is 2.83. The number of rotatable bonds is 7. The van der Waals surface area contributed by atoms with Gasteiger partial charge in [0.05, 0.1) is 6.33 Å². The molecule has 114 valence electrons. The number of imidazole rings is 1. The Morgan fingerprint density at radius 2 is 2.00 bits per heavy atom. The van der Waals surface area contributed by atoms with Gasteiger partial charge < -0.3 is 9.67 Å². The van der Waals surface area contributed by atoms with Crippen LogP contribution in [0.3, 0.4) is 0 Å². The summed E-state index contributed by atoms with van der Waals surface area (Å²) >= 11 is 0. The van der Waals surface area contributed by atoms with E-state index in [0.29, 0.717) is 12.5 Å². The van der Waals surface area contributed by atoms with Crippen LogP contribution < -0.4 is 4.72 Å². The number of aromatic nitrogens is 2. The molecule has 2 N–H and O–H groups in total. The maximum atomic E-state index is 12.1. The standard InChI is InChI=1S/C12H21N3O4S/c1-8(2)5-15-6-10(13-7-15)20(18,19)14-11(9(3)4)12(16)17/h6-9,11,14H,5H2,1-4H3,(H,16,17). The molecule has 1 heterocycles. The lowest BCUT2D eigenvalue weighted by molar-refractivity contribution is -0.140. The highest BCUT2D eigenvalue weighted by Crippen LogP contribution is 2.11. The van der Waals surface area contributed by atoms with Crippen molar-refractivity contribution < 1.29 is 18.3 Å².